The molecule has 7 heteroatoms. The first-order chi connectivity index (χ1) is 16.7. The van der Waals surface area contributed by atoms with Gasteiger partial charge in [-0.2, -0.15) is 0 Å². The molecule has 1 saturated heterocycles. The highest BCUT2D eigenvalue weighted by Crippen LogP contribution is 2.34. The molecular weight excluding hydrogens is 444 g/mol. The summed E-state index contributed by atoms with van der Waals surface area (Å²) in [5.74, 6) is 1.17. The molecule has 3 heterocycles. The minimum absolute atomic E-state index is 0.112. The number of likely N-dealkylation sites (tertiary alicyclic amines) is 1. The zero-order valence-corrected chi connectivity index (χ0v) is 20.8. The molecule has 2 aliphatic heterocycles. The number of carbonyl (C=O) groups is 1. The van der Waals surface area contributed by atoms with Gasteiger partial charge in [-0.25, -0.2) is 4.79 Å². The third-order valence-electron chi connectivity index (χ3n) is 7.01. The van der Waals surface area contributed by atoms with Crippen LogP contribution in [0, 0.1) is 6.92 Å². The summed E-state index contributed by atoms with van der Waals surface area (Å²) in [6.07, 6.45) is 3.80. The lowest BCUT2D eigenvalue weighted by atomic mass is 9.93. The van der Waals surface area contributed by atoms with E-state index in [9.17, 15) is 9.59 Å². The maximum atomic E-state index is 12.9. The van der Waals surface area contributed by atoms with Crippen molar-refractivity contribution in [3.8, 4) is 11.5 Å². The van der Waals surface area contributed by atoms with E-state index in [0.717, 1.165) is 66.8 Å². The van der Waals surface area contributed by atoms with Crippen LogP contribution in [0.3, 0.4) is 0 Å². The minimum atomic E-state index is -0.589. The Morgan fingerprint density at radius 3 is 2.69 bits per heavy atom. The van der Waals surface area contributed by atoms with E-state index in [-0.39, 0.29) is 23.3 Å². The van der Waals surface area contributed by atoms with Crippen molar-refractivity contribution in [3.05, 3.63) is 63.5 Å². The standard InChI is InChI=1S/C28H32N2O5/c1-17-23(33-21-10-13-30(4)14-11-21)7-5-19-16-22(27(32)34-25(17)19)29-26(31)20-6-8-24-18(15-20)9-12-28(2,3)35-24/h5-8,15-16,21H,9-14H2,1-4H3,(H,29,31). The summed E-state index contributed by atoms with van der Waals surface area (Å²) in [6, 6.07) is 10.8. The monoisotopic (exact) mass is 476 g/mol. The highest BCUT2D eigenvalue weighted by molar-refractivity contribution is 6.05. The maximum Gasteiger partial charge on any atom is 0.360 e. The summed E-state index contributed by atoms with van der Waals surface area (Å²) in [6.45, 7) is 8.02. The van der Waals surface area contributed by atoms with Crippen LogP contribution in [0.1, 0.15) is 54.6 Å². The van der Waals surface area contributed by atoms with Gasteiger partial charge in [-0.05, 0) is 95.5 Å². The first kappa shape index (κ1) is 23.4. The second kappa shape index (κ2) is 9.04. The van der Waals surface area contributed by atoms with Crippen molar-refractivity contribution in [1.29, 1.82) is 0 Å². The normalized spacial score (nSPS) is 18.1. The van der Waals surface area contributed by atoms with Gasteiger partial charge in [-0.1, -0.05) is 0 Å². The van der Waals surface area contributed by atoms with Gasteiger partial charge < -0.3 is 24.1 Å². The van der Waals surface area contributed by atoms with Gasteiger partial charge >= 0.3 is 5.63 Å². The quantitative estimate of drug-likeness (QED) is 0.538. The van der Waals surface area contributed by atoms with Gasteiger partial charge in [0.15, 0.2) is 0 Å². The molecule has 0 spiro atoms. The van der Waals surface area contributed by atoms with Gasteiger partial charge in [-0.3, -0.25) is 4.79 Å². The summed E-state index contributed by atoms with van der Waals surface area (Å²) in [5, 5.41) is 3.45. The lowest BCUT2D eigenvalue weighted by Gasteiger charge is -2.32. The number of carbonyl (C=O) groups excluding carboxylic acids is 1. The van der Waals surface area contributed by atoms with Crippen molar-refractivity contribution < 1.29 is 18.7 Å². The molecular formula is C28H32N2O5. The Bertz CT molecular complexity index is 1340. The fourth-order valence-electron chi connectivity index (χ4n) is 4.80. The predicted molar refractivity (Wildman–Crippen MR) is 136 cm³/mol. The van der Waals surface area contributed by atoms with Crippen molar-refractivity contribution >= 4 is 22.6 Å². The summed E-state index contributed by atoms with van der Waals surface area (Å²) in [4.78, 5) is 28.0. The molecule has 1 amide bonds. The summed E-state index contributed by atoms with van der Waals surface area (Å²) in [5.41, 5.74) is 2.05. The van der Waals surface area contributed by atoms with Crippen molar-refractivity contribution in [2.24, 2.45) is 0 Å². The SMILES string of the molecule is Cc1c(OC2CCN(C)CC2)ccc2cc(NC(=O)c3ccc4c(c3)CCC(C)(C)O4)c(=O)oc12. The number of amides is 1. The molecule has 7 nitrogen and oxygen atoms in total. The van der Waals surface area contributed by atoms with Crippen LogP contribution >= 0.6 is 0 Å². The first-order valence-corrected chi connectivity index (χ1v) is 12.2. The molecule has 1 fully saturated rings. The van der Waals surface area contributed by atoms with Crippen molar-refractivity contribution in [3.63, 3.8) is 0 Å². The average molecular weight is 477 g/mol. The lowest BCUT2D eigenvalue weighted by Crippen LogP contribution is -2.35. The van der Waals surface area contributed by atoms with Gasteiger partial charge in [0.05, 0.1) is 0 Å². The second-order valence-corrected chi connectivity index (χ2v) is 10.3. The number of nitrogens with one attached hydrogen (secondary N) is 1. The Labute approximate surface area is 205 Å². The van der Waals surface area contributed by atoms with Crippen LogP contribution in [0.25, 0.3) is 11.0 Å². The van der Waals surface area contributed by atoms with E-state index in [1.807, 2.05) is 31.2 Å². The molecule has 0 saturated carbocycles. The van der Waals surface area contributed by atoms with Crippen LogP contribution in [-0.4, -0.2) is 42.6 Å². The van der Waals surface area contributed by atoms with E-state index in [2.05, 4.69) is 31.1 Å². The fraction of sp³-hybridized carbons (Fsp3) is 0.429. The third-order valence-corrected chi connectivity index (χ3v) is 7.01. The van der Waals surface area contributed by atoms with Crippen molar-refractivity contribution in [1.82, 2.24) is 4.90 Å². The van der Waals surface area contributed by atoms with E-state index >= 15 is 0 Å². The molecule has 35 heavy (non-hydrogen) atoms. The Morgan fingerprint density at radius 2 is 1.91 bits per heavy atom. The summed E-state index contributed by atoms with van der Waals surface area (Å²) in [7, 11) is 2.11. The molecule has 0 aliphatic carbocycles. The third kappa shape index (κ3) is 4.91. The van der Waals surface area contributed by atoms with E-state index in [0.29, 0.717) is 11.1 Å². The molecule has 0 radical (unpaired) electrons. The number of nitrogens with zero attached hydrogens (tertiary/aromatic N) is 1. The molecule has 0 atom stereocenters. The fourth-order valence-corrected chi connectivity index (χ4v) is 4.80. The van der Waals surface area contributed by atoms with E-state index in [4.69, 9.17) is 13.9 Å². The van der Waals surface area contributed by atoms with Crippen molar-refractivity contribution in [2.75, 3.05) is 25.5 Å². The smallest absolute Gasteiger partial charge is 0.360 e. The molecule has 1 aromatic heterocycles. The number of hydrogen-bond acceptors (Lipinski definition) is 6. The summed E-state index contributed by atoms with van der Waals surface area (Å²) >= 11 is 0. The van der Waals surface area contributed by atoms with Crippen LogP contribution in [0.2, 0.25) is 0 Å². The molecule has 1 N–H and O–H groups in total. The van der Waals surface area contributed by atoms with Crippen molar-refractivity contribution in [2.45, 2.75) is 58.2 Å². The maximum absolute atomic E-state index is 12.9. The van der Waals surface area contributed by atoms with Gasteiger partial charge in [0.2, 0.25) is 0 Å². The summed E-state index contributed by atoms with van der Waals surface area (Å²) < 4.78 is 17.9. The zero-order valence-electron chi connectivity index (χ0n) is 20.8. The molecule has 2 aliphatic rings. The number of benzene rings is 2. The van der Waals surface area contributed by atoms with E-state index < -0.39 is 5.63 Å². The zero-order chi connectivity index (χ0) is 24.7. The predicted octanol–water partition coefficient (Wildman–Crippen LogP) is 4.93. The van der Waals surface area contributed by atoms with Crippen LogP contribution in [-0.2, 0) is 6.42 Å². The Kier molecular flexibility index (Phi) is 6.05. The molecule has 3 aromatic rings. The highest BCUT2D eigenvalue weighted by Gasteiger charge is 2.27. The van der Waals surface area contributed by atoms with Crippen LogP contribution in [0.15, 0.2) is 45.6 Å². The Balaban J connectivity index is 1.35. The van der Waals surface area contributed by atoms with Crippen LogP contribution in [0.5, 0.6) is 11.5 Å². The number of ether oxygens (including phenoxy) is 2. The largest absolute Gasteiger partial charge is 0.490 e. The van der Waals surface area contributed by atoms with Crippen LogP contribution in [0.4, 0.5) is 5.69 Å². The minimum Gasteiger partial charge on any atom is -0.490 e. The second-order valence-electron chi connectivity index (χ2n) is 10.3. The van der Waals surface area contributed by atoms with E-state index in [1.165, 1.54) is 0 Å². The molecule has 184 valence electrons. The molecule has 5 rings (SSSR count). The molecule has 0 unspecified atom stereocenters. The molecule has 0 bridgehead atoms. The number of rotatable bonds is 4. The number of fused-ring (bicyclic) bond motifs is 2. The molecule has 2 aromatic carbocycles. The van der Waals surface area contributed by atoms with Gasteiger partial charge in [0.25, 0.3) is 5.91 Å². The average Bonchev–Trinajstić information content (AvgIpc) is 2.82. The van der Waals surface area contributed by atoms with Gasteiger partial charge in [-0.15, -0.1) is 0 Å². The lowest BCUT2D eigenvalue weighted by molar-refractivity contribution is 0.0846. The Hall–Kier alpha value is -3.32. The first-order valence-electron chi connectivity index (χ1n) is 12.2. The van der Waals surface area contributed by atoms with Crippen LogP contribution < -0.4 is 20.4 Å². The van der Waals surface area contributed by atoms with E-state index in [1.54, 1.807) is 12.1 Å². The Morgan fingerprint density at radius 1 is 1.14 bits per heavy atom. The number of hydrogen-bond donors (Lipinski definition) is 1. The van der Waals surface area contributed by atoms with Gasteiger partial charge in [0, 0.05) is 29.6 Å². The highest BCUT2D eigenvalue weighted by atomic mass is 16.5. The number of piperidine rings is 1. The number of aryl methyl sites for hydroxylation is 2. The topological polar surface area (TPSA) is 81.0 Å². The number of anilines is 1. The van der Waals surface area contributed by atoms with Gasteiger partial charge in [0.1, 0.15) is 34.5 Å².